The van der Waals surface area contributed by atoms with Crippen molar-refractivity contribution in [1.82, 2.24) is 4.90 Å². The average molecular weight is 455 g/mol. The van der Waals surface area contributed by atoms with Crippen LogP contribution in [-0.4, -0.2) is 50.7 Å². The molecule has 30 heavy (non-hydrogen) atoms. The van der Waals surface area contributed by atoms with Gasteiger partial charge in [0.15, 0.2) is 6.61 Å². The van der Waals surface area contributed by atoms with Crippen molar-refractivity contribution in [3.8, 4) is 11.5 Å². The molecular weight excluding hydrogens is 428 g/mol. The van der Waals surface area contributed by atoms with Gasteiger partial charge in [-0.15, -0.1) is 23.7 Å². The lowest BCUT2D eigenvalue weighted by atomic mass is 10.0. The Labute approximate surface area is 186 Å². The van der Waals surface area contributed by atoms with E-state index in [-0.39, 0.29) is 24.9 Å². The van der Waals surface area contributed by atoms with Crippen LogP contribution in [0.4, 0.5) is 5.00 Å². The van der Waals surface area contributed by atoms with Crippen LogP contribution in [0.15, 0.2) is 24.3 Å². The highest BCUT2D eigenvalue weighted by Crippen LogP contribution is 2.37. The number of hydrogen-bond acceptors (Lipinski definition) is 7. The number of anilines is 1. The van der Waals surface area contributed by atoms with Crippen LogP contribution in [0.25, 0.3) is 0 Å². The summed E-state index contributed by atoms with van der Waals surface area (Å²) in [5.41, 5.74) is 1.46. The number of fused-ring (bicyclic) bond motifs is 1. The van der Waals surface area contributed by atoms with Crippen LogP contribution in [0.3, 0.4) is 0 Å². The zero-order valence-corrected chi connectivity index (χ0v) is 19.0. The lowest BCUT2D eigenvalue weighted by Crippen LogP contribution is -2.30. The van der Waals surface area contributed by atoms with Crippen molar-refractivity contribution in [1.29, 1.82) is 0 Å². The van der Waals surface area contributed by atoms with Crippen LogP contribution < -0.4 is 14.8 Å². The number of rotatable bonds is 8. The van der Waals surface area contributed by atoms with Gasteiger partial charge < -0.3 is 19.5 Å². The number of ether oxygens (including phenoxy) is 3. The molecule has 1 aromatic heterocycles. The molecule has 1 aromatic carbocycles. The second kappa shape index (κ2) is 11.2. The highest BCUT2D eigenvalue weighted by atomic mass is 35.5. The number of hydrogen-bond donors (Lipinski definition) is 1. The van der Waals surface area contributed by atoms with Crippen LogP contribution in [-0.2, 0) is 22.5 Å². The Hall–Kier alpha value is -2.29. The van der Waals surface area contributed by atoms with Gasteiger partial charge in [0.2, 0.25) is 0 Å². The molecule has 1 aliphatic rings. The Bertz CT molecular complexity index is 869. The molecule has 0 saturated heterocycles. The van der Waals surface area contributed by atoms with Gasteiger partial charge in [-0.1, -0.05) is 6.92 Å². The van der Waals surface area contributed by atoms with Gasteiger partial charge in [-0.25, -0.2) is 4.79 Å². The number of nitrogens with one attached hydrogen (secondary N) is 1. The summed E-state index contributed by atoms with van der Waals surface area (Å²) in [6, 6.07) is 6.99. The fourth-order valence-corrected chi connectivity index (χ4v) is 4.65. The minimum atomic E-state index is -0.419. The average Bonchev–Trinajstić information content (AvgIpc) is 3.09. The number of methoxy groups -OCH3 is 2. The third kappa shape index (κ3) is 5.65. The van der Waals surface area contributed by atoms with E-state index in [2.05, 4.69) is 17.1 Å². The first kappa shape index (κ1) is 24.0. The van der Waals surface area contributed by atoms with Crippen LogP contribution in [0.1, 0.15) is 34.1 Å². The number of halogens is 1. The quantitative estimate of drug-likeness (QED) is 0.612. The smallest absolute Gasteiger partial charge is 0.341 e. The molecule has 0 aliphatic carbocycles. The van der Waals surface area contributed by atoms with Crippen molar-refractivity contribution in [3.63, 3.8) is 0 Å². The van der Waals surface area contributed by atoms with E-state index in [0.717, 1.165) is 42.9 Å². The normalized spacial score (nSPS) is 13.0. The third-order valence-corrected chi connectivity index (χ3v) is 5.88. The maximum absolute atomic E-state index is 12.4. The summed E-state index contributed by atoms with van der Waals surface area (Å²) >= 11 is 1.44. The minimum Gasteiger partial charge on any atom is -0.497 e. The molecular formula is C21H27ClN2O5S. The summed E-state index contributed by atoms with van der Waals surface area (Å²) in [5.74, 6) is 0.536. The van der Waals surface area contributed by atoms with E-state index in [1.54, 1.807) is 31.4 Å². The van der Waals surface area contributed by atoms with Gasteiger partial charge in [-0.05, 0) is 49.2 Å². The van der Waals surface area contributed by atoms with E-state index in [4.69, 9.17) is 14.2 Å². The molecule has 2 aromatic rings. The van der Waals surface area contributed by atoms with Crippen LogP contribution in [0.5, 0.6) is 11.5 Å². The molecule has 0 fully saturated rings. The first-order valence-electron chi connectivity index (χ1n) is 9.57. The van der Waals surface area contributed by atoms with Crippen LogP contribution in [0, 0.1) is 0 Å². The lowest BCUT2D eigenvalue weighted by Gasteiger charge is -2.26. The number of carbonyl (C=O) groups is 2. The van der Waals surface area contributed by atoms with Crippen molar-refractivity contribution in [3.05, 3.63) is 40.3 Å². The Morgan fingerprint density at radius 1 is 1.17 bits per heavy atom. The fraction of sp³-hybridized carbons (Fsp3) is 0.429. The van der Waals surface area contributed by atoms with Gasteiger partial charge in [-0.3, -0.25) is 9.69 Å². The molecule has 0 saturated carbocycles. The zero-order chi connectivity index (χ0) is 20.8. The van der Waals surface area contributed by atoms with Crippen molar-refractivity contribution in [2.24, 2.45) is 0 Å². The first-order valence-corrected chi connectivity index (χ1v) is 10.4. The molecule has 0 spiro atoms. The molecule has 164 valence electrons. The summed E-state index contributed by atoms with van der Waals surface area (Å²) in [7, 11) is 2.95. The van der Waals surface area contributed by atoms with E-state index in [0.29, 0.717) is 22.1 Å². The molecule has 0 unspecified atom stereocenters. The Kier molecular flexibility index (Phi) is 8.95. The van der Waals surface area contributed by atoms with Crippen molar-refractivity contribution in [2.75, 3.05) is 39.2 Å². The summed E-state index contributed by atoms with van der Waals surface area (Å²) in [5, 5.41) is 3.36. The number of amides is 1. The van der Waals surface area contributed by atoms with Crippen molar-refractivity contribution >= 4 is 40.6 Å². The molecule has 0 atom stereocenters. The maximum Gasteiger partial charge on any atom is 0.341 e. The van der Waals surface area contributed by atoms with Crippen LogP contribution in [0.2, 0.25) is 0 Å². The Balaban J connectivity index is 0.00000320. The molecule has 3 rings (SSSR count). The SMILES string of the molecule is CCCN1CCc2c(sc(NC(=O)COc3ccc(OC)cc3)c2C(=O)OC)C1.Cl. The molecule has 7 nitrogen and oxygen atoms in total. The lowest BCUT2D eigenvalue weighted by molar-refractivity contribution is -0.118. The predicted molar refractivity (Wildman–Crippen MR) is 119 cm³/mol. The predicted octanol–water partition coefficient (Wildman–Crippen LogP) is 3.75. The summed E-state index contributed by atoms with van der Waals surface area (Å²) < 4.78 is 15.6. The molecule has 0 radical (unpaired) electrons. The molecule has 2 heterocycles. The van der Waals surface area contributed by atoms with Gasteiger partial charge in [0.25, 0.3) is 5.91 Å². The second-order valence-electron chi connectivity index (χ2n) is 6.74. The number of thiophene rings is 1. The molecule has 9 heteroatoms. The highest BCUT2D eigenvalue weighted by Gasteiger charge is 2.29. The van der Waals surface area contributed by atoms with E-state index < -0.39 is 5.97 Å². The molecule has 1 aliphatic heterocycles. The topological polar surface area (TPSA) is 77.1 Å². The third-order valence-electron chi connectivity index (χ3n) is 4.75. The second-order valence-corrected chi connectivity index (χ2v) is 7.84. The molecule has 0 bridgehead atoms. The summed E-state index contributed by atoms with van der Waals surface area (Å²) in [6.45, 7) is 4.70. The Morgan fingerprint density at radius 2 is 1.87 bits per heavy atom. The zero-order valence-electron chi connectivity index (χ0n) is 17.4. The number of carbonyl (C=O) groups excluding carboxylic acids is 2. The number of nitrogens with zero attached hydrogens (tertiary/aromatic N) is 1. The first-order chi connectivity index (χ1) is 14.0. The Morgan fingerprint density at radius 3 is 2.50 bits per heavy atom. The van der Waals surface area contributed by atoms with E-state index in [1.807, 2.05) is 0 Å². The largest absolute Gasteiger partial charge is 0.497 e. The highest BCUT2D eigenvalue weighted by molar-refractivity contribution is 7.17. The fourth-order valence-electron chi connectivity index (χ4n) is 3.35. The molecule has 1 N–H and O–H groups in total. The number of benzene rings is 1. The van der Waals surface area contributed by atoms with E-state index >= 15 is 0 Å². The van der Waals surface area contributed by atoms with Gasteiger partial charge >= 0.3 is 5.97 Å². The monoisotopic (exact) mass is 454 g/mol. The summed E-state index contributed by atoms with van der Waals surface area (Å²) in [4.78, 5) is 28.3. The van der Waals surface area contributed by atoms with Crippen LogP contribution >= 0.6 is 23.7 Å². The van der Waals surface area contributed by atoms with Crippen molar-refractivity contribution in [2.45, 2.75) is 26.3 Å². The van der Waals surface area contributed by atoms with Gasteiger partial charge in [0.1, 0.15) is 16.5 Å². The number of esters is 1. The van der Waals surface area contributed by atoms with Crippen molar-refractivity contribution < 1.29 is 23.8 Å². The molecule has 1 amide bonds. The van der Waals surface area contributed by atoms with Gasteiger partial charge in [-0.2, -0.15) is 0 Å². The standard InChI is InChI=1S/C21H26N2O5S.ClH/c1-4-10-23-11-9-16-17(12-23)29-20(19(16)21(25)27-3)22-18(24)13-28-15-7-5-14(26-2)6-8-15;/h5-8H,4,9-13H2,1-3H3,(H,22,24);1H. The van der Waals surface area contributed by atoms with Gasteiger partial charge in [0, 0.05) is 18.0 Å². The van der Waals surface area contributed by atoms with E-state index in [1.165, 1.54) is 18.4 Å². The maximum atomic E-state index is 12.4. The van der Waals surface area contributed by atoms with Gasteiger partial charge in [0.05, 0.1) is 19.8 Å². The summed E-state index contributed by atoms with van der Waals surface area (Å²) in [6.07, 6.45) is 1.85. The van der Waals surface area contributed by atoms with E-state index in [9.17, 15) is 9.59 Å². The minimum absolute atomic E-state index is 0.